The van der Waals surface area contributed by atoms with E-state index in [-0.39, 0.29) is 12.2 Å². The smallest absolute Gasteiger partial charge is 0.240 e. The fraction of sp³-hybridized carbons (Fsp3) is 0.941. The van der Waals surface area contributed by atoms with E-state index >= 15 is 0 Å². The number of hydrogen-bond donors (Lipinski definition) is 1. The Kier molecular flexibility index (Phi) is 5.11. The molecule has 1 heterocycles. The van der Waals surface area contributed by atoms with Gasteiger partial charge >= 0.3 is 0 Å². The molecule has 0 bridgehead atoms. The van der Waals surface area contributed by atoms with Crippen LogP contribution in [0.4, 0.5) is 0 Å². The molecule has 1 saturated heterocycles. The van der Waals surface area contributed by atoms with Crippen molar-refractivity contribution in [2.45, 2.75) is 85.0 Å². The first-order chi connectivity index (χ1) is 9.41. The molecule has 3 nitrogen and oxygen atoms in total. The molecular weight excluding hydrogens is 248 g/mol. The van der Waals surface area contributed by atoms with E-state index in [0.29, 0.717) is 29.7 Å². The minimum Gasteiger partial charge on any atom is -0.323 e. The summed E-state index contributed by atoms with van der Waals surface area (Å²) in [5.74, 6) is 2.29. The van der Waals surface area contributed by atoms with Crippen molar-refractivity contribution in [1.29, 1.82) is 0 Å². The van der Waals surface area contributed by atoms with Crippen molar-refractivity contribution in [3.05, 3.63) is 0 Å². The molecule has 0 aromatic rings. The molecule has 0 radical (unpaired) electrons. The normalized spacial score (nSPS) is 35.4. The highest BCUT2D eigenvalue weighted by atomic mass is 16.2. The molecule has 4 unspecified atom stereocenters. The van der Waals surface area contributed by atoms with Crippen molar-refractivity contribution < 1.29 is 4.79 Å². The Bertz CT molecular complexity index is 340. The summed E-state index contributed by atoms with van der Waals surface area (Å²) >= 11 is 0. The Balaban J connectivity index is 2.18. The third-order valence-corrected chi connectivity index (χ3v) is 5.09. The molecule has 2 rings (SSSR count). The molecule has 1 saturated carbocycles. The molecule has 1 aliphatic carbocycles. The minimum atomic E-state index is -0.00603. The average Bonchev–Trinajstić information content (AvgIpc) is 2.64. The molecule has 1 N–H and O–H groups in total. The lowest BCUT2D eigenvalue weighted by molar-refractivity contribution is -0.134. The molecule has 20 heavy (non-hydrogen) atoms. The highest BCUT2D eigenvalue weighted by Gasteiger charge is 2.44. The molecule has 1 amide bonds. The standard InChI is InChI=1S/C17H32N2O/c1-11(2)10-16-18-13(5)17(20)19(16)15-9-7-6-8-14(15)12(3)4/h11-16,18H,6-10H2,1-5H3. The molecule has 0 aromatic heterocycles. The summed E-state index contributed by atoms with van der Waals surface area (Å²) in [5.41, 5.74) is 0. The van der Waals surface area contributed by atoms with Crippen molar-refractivity contribution in [1.82, 2.24) is 10.2 Å². The predicted octanol–water partition coefficient (Wildman–Crippen LogP) is 3.39. The monoisotopic (exact) mass is 280 g/mol. The van der Waals surface area contributed by atoms with Gasteiger partial charge in [0, 0.05) is 6.04 Å². The molecule has 2 aliphatic rings. The van der Waals surface area contributed by atoms with E-state index in [2.05, 4.69) is 37.9 Å². The number of amides is 1. The Morgan fingerprint density at radius 1 is 1.20 bits per heavy atom. The zero-order chi connectivity index (χ0) is 14.9. The second kappa shape index (κ2) is 6.46. The average molecular weight is 280 g/mol. The first-order valence-electron chi connectivity index (χ1n) is 8.50. The van der Waals surface area contributed by atoms with Crippen LogP contribution in [0.1, 0.15) is 66.7 Å². The fourth-order valence-electron chi connectivity index (χ4n) is 4.10. The van der Waals surface area contributed by atoms with Crippen molar-refractivity contribution in [3.8, 4) is 0 Å². The van der Waals surface area contributed by atoms with Gasteiger partial charge in [0.15, 0.2) is 0 Å². The summed E-state index contributed by atoms with van der Waals surface area (Å²) < 4.78 is 0. The van der Waals surface area contributed by atoms with Crippen LogP contribution in [-0.2, 0) is 4.79 Å². The maximum Gasteiger partial charge on any atom is 0.240 e. The first-order valence-corrected chi connectivity index (χ1v) is 8.50. The van der Waals surface area contributed by atoms with E-state index in [9.17, 15) is 4.79 Å². The Labute approximate surface area is 124 Å². The van der Waals surface area contributed by atoms with E-state index in [1.165, 1.54) is 25.7 Å². The Morgan fingerprint density at radius 2 is 1.85 bits per heavy atom. The van der Waals surface area contributed by atoms with Crippen LogP contribution in [-0.4, -0.2) is 29.1 Å². The van der Waals surface area contributed by atoms with Crippen LogP contribution in [0, 0.1) is 17.8 Å². The number of hydrogen-bond acceptors (Lipinski definition) is 2. The van der Waals surface area contributed by atoms with Gasteiger partial charge in [0.05, 0.1) is 12.2 Å². The molecule has 0 spiro atoms. The van der Waals surface area contributed by atoms with E-state index in [4.69, 9.17) is 0 Å². The van der Waals surface area contributed by atoms with Crippen molar-refractivity contribution in [2.24, 2.45) is 17.8 Å². The minimum absolute atomic E-state index is 0.00603. The van der Waals surface area contributed by atoms with Crippen LogP contribution in [0.25, 0.3) is 0 Å². The third-order valence-electron chi connectivity index (χ3n) is 5.09. The van der Waals surface area contributed by atoms with Gasteiger partial charge in [0.1, 0.15) is 0 Å². The first kappa shape index (κ1) is 15.8. The van der Waals surface area contributed by atoms with Gasteiger partial charge in [0.25, 0.3) is 0 Å². The zero-order valence-corrected chi connectivity index (χ0v) is 13.9. The molecule has 116 valence electrons. The third kappa shape index (κ3) is 3.19. The second-order valence-electron chi connectivity index (χ2n) is 7.54. The van der Waals surface area contributed by atoms with Gasteiger partial charge in [-0.2, -0.15) is 0 Å². The summed E-state index contributed by atoms with van der Waals surface area (Å²) in [6, 6.07) is 0.450. The van der Waals surface area contributed by atoms with Crippen LogP contribution in [0.15, 0.2) is 0 Å². The lowest BCUT2D eigenvalue weighted by Gasteiger charge is -2.42. The van der Waals surface area contributed by atoms with Crippen molar-refractivity contribution in [3.63, 3.8) is 0 Å². The molecule has 3 heteroatoms. The summed E-state index contributed by atoms with van der Waals surface area (Å²) in [7, 11) is 0. The molecular formula is C17H32N2O. The highest BCUT2D eigenvalue weighted by molar-refractivity contribution is 5.84. The molecule has 4 atom stereocenters. The predicted molar refractivity (Wildman–Crippen MR) is 83.3 cm³/mol. The number of carbonyl (C=O) groups is 1. The number of nitrogens with one attached hydrogen (secondary N) is 1. The largest absolute Gasteiger partial charge is 0.323 e. The van der Waals surface area contributed by atoms with Gasteiger partial charge in [-0.1, -0.05) is 40.5 Å². The maximum absolute atomic E-state index is 12.6. The zero-order valence-electron chi connectivity index (χ0n) is 13.9. The summed E-state index contributed by atoms with van der Waals surface area (Å²) in [4.78, 5) is 14.9. The van der Waals surface area contributed by atoms with Gasteiger partial charge < -0.3 is 4.90 Å². The Hall–Kier alpha value is -0.570. The molecule has 1 aliphatic heterocycles. The lowest BCUT2D eigenvalue weighted by atomic mass is 9.77. The number of nitrogens with zero attached hydrogens (tertiary/aromatic N) is 1. The van der Waals surface area contributed by atoms with Crippen LogP contribution < -0.4 is 5.32 Å². The van der Waals surface area contributed by atoms with E-state index in [1.807, 2.05) is 6.92 Å². The van der Waals surface area contributed by atoms with Gasteiger partial charge in [-0.25, -0.2) is 0 Å². The summed E-state index contributed by atoms with van der Waals surface area (Å²) in [5, 5.41) is 3.52. The second-order valence-corrected chi connectivity index (χ2v) is 7.54. The van der Waals surface area contributed by atoms with Crippen LogP contribution >= 0.6 is 0 Å². The van der Waals surface area contributed by atoms with Crippen molar-refractivity contribution >= 4 is 5.91 Å². The lowest BCUT2D eigenvalue weighted by Crippen LogP contribution is -2.50. The van der Waals surface area contributed by atoms with E-state index < -0.39 is 0 Å². The molecule has 2 fully saturated rings. The van der Waals surface area contributed by atoms with E-state index in [1.54, 1.807) is 0 Å². The molecule has 0 aromatic carbocycles. The maximum atomic E-state index is 12.6. The van der Waals surface area contributed by atoms with Crippen molar-refractivity contribution in [2.75, 3.05) is 0 Å². The van der Waals surface area contributed by atoms with Crippen LogP contribution in [0.3, 0.4) is 0 Å². The van der Waals surface area contributed by atoms with Gasteiger partial charge in [-0.3, -0.25) is 10.1 Å². The van der Waals surface area contributed by atoms with Gasteiger partial charge in [-0.15, -0.1) is 0 Å². The Morgan fingerprint density at radius 3 is 2.45 bits per heavy atom. The number of carbonyl (C=O) groups excluding carboxylic acids is 1. The fourth-order valence-corrected chi connectivity index (χ4v) is 4.10. The van der Waals surface area contributed by atoms with Gasteiger partial charge in [-0.05, 0) is 43.9 Å². The topological polar surface area (TPSA) is 32.3 Å². The van der Waals surface area contributed by atoms with E-state index in [0.717, 1.165) is 6.42 Å². The summed E-state index contributed by atoms with van der Waals surface area (Å²) in [6.45, 7) is 11.1. The summed E-state index contributed by atoms with van der Waals surface area (Å²) in [6.07, 6.45) is 6.41. The van der Waals surface area contributed by atoms with Gasteiger partial charge in [0.2, 0.25) is 5.91 Å². The number of rotatable bonds is 4. The van der Waals surface area contributed by atoms with Crippen LogP contribution in [0.5, 0.6) is 0 Å². The van der Waals surface area contributed by atoms with Crippen LogP contribution in [0.2, 0.25) is 0 Å². The quantitative estimate of drug-likeness (QED) is 0.856. The highest BCUT2D eigenvalue weighted by Crippen LogP contribution is 2.36. The SMILES string of the molecule is CC(C)CC1NC(C)C(=O)N1C1CCCCC1C(C)C.